The largest absolute Gasteiger partial charge is 0.478 e. The highest BCUT2D eigenvalue weighted by Gasteiger charge is 2.22. The summed E-state index contributed by atoms with van der Waals surface area (Å²) in [5, 5.41) is 17.2. The van der Waals surface area contributed by atoms with Gasteiger partial charge >= 0.3 is 17.9 Å². The molecule has 7 heteroatoms. The number of esters is 2. The van der Waals surface area contributed by atoms with Crippen molar-refractivity contribution in [2.45, 2.75) is 13.2 Å². The molecule has 0 aromatic heterocycles. The van der Waals surface area contributed by atoms with Crippen LogP contribution in [0.5, 0.6) is 0 Å². The molecule has 4 rings (SSSR count). The van der Waals surface area contributed by atoms with E-state index in [1.807, 2.05) is 6.07 Å². The summed E-state index contributed by atoms with van der Waals surface area (Å²) in [4.78, 5) is 32.5. The number of carboxylic acids is 1. The second kappa shape index (κ2) is 6.45. The maximum Gasteiger partial charge on any atom is 0.338 e. The van der Waals surface area contributed by atoms with Gasteiger partial charge in [0.05, 0.1) is 28.3 Å². The summed E-state index contributed by atoms with van der Waals surface area (Å²) in [7, 11) is 0. The Kier molecular flexibility index (Phi) is 4.18. The van der Waals surface area contributed by atoms with Crippen LogP contribution in [0.4, 0.5) is 0 Å². The van der Waals surface area contributed by atoms with Crippen LogP contribution in [0.15, 0.2) is 36.4 Å². The first-order valence-corrected chi connectivity index (χ1v) is 7.23. The average molecular weight is 337 g/mol. The van der Waals surface area contributed by atoms with Crippen molar-refractivity contribution in [2.24, 2.45) is 0 Å². The molecular formula is C18H11NO6. The highest BCUT2D eigenvalue weighted by Crippen LogP contribution is 2.21. The first-order valence-electron chi connectivity index (χ1n) is 7.23. The van der Waals surface area contributed by atoms with Crippen LogP contribution in [-0.2, 0) is 22.7 Å². The maximum atomic E-state index is 11.0. The predicted octanol–water partition coefficient (Wildman–Crippen LogP) is 2.28. The van der Waals surface area contributed by atoms with E-state index in [4.69, 9.17) is 19.8 Å². The smallest absolute Gasteiger partial charge is 0.338 e. The zero-order valence-electron chi connectivity index (χ0n) is 12.8. The van der Waals surface area contributed by atoms with E-state index in [-0.39, 0.29) is 24.1 Å². The number of carboxylic acid groups (broad SMARTS) is 1. The third-order valence-corrected chi connectivity index (χ3v) is 3.74. The minimum absolute atomic E-state index is 0.176. The summed E-state index contributed by atoms with van der Waals surface area (Å²) in [5.74, 6) is -1.68. The maximum absolute atomic E-state index is 11.0. The molecule has 2 heterocycles. The Morgan fingerprint density at radius 1 is 0.960 bits per heavy atom. The summed E-state index contributed by atoms with van der Waals surface area (Å²) in [6, 6.07) is 11.3. The van der Waals surface area contributed by atoms with Crippen molar-refractivity contribution >= 4 is 17.9 Å². The molecule has 2 aliphatic rings. The van der Waals surface area contributed by atoms with E-state index in [0.29, 0.717) is 28.9 Å². The van der Waals surface area contributed by atoms with Crippen LogP contribution in [0.3, 0.4) is 0 Å². The number of ether oxygens (including phenoxy) is 2. The molecule has 2 aromatic carbocycles. The molecule has 2 aromatic rings. The monoisotopic (exact) mass is 337 g/mol. The first kappa shape index (κ1) is 16.2. The van der Waals surface area contributed by atoms with Crippen LogP contribution in [0, 0.1) is 11.3 Å². The van der Waals surface area contributed by atoms with Crippen LogP contribution in [0.1, 0.15) is 47.8 Å². The van der Waals surface area contributed by atoms with Gasteiger partial charge in [0.15, 0.2) is 0 Å². The Labute approximate surface area is 142 Å². The highest BCUT2D eigenvalue weighted by molar-refractivity contribution is 5.96. The number of hydrogen-bond donors (Lipinski definition) is 1. The molecule has 124 valence electrons. The van der Waals surface area contributed by atoms with Gasteiger partial charge in [-0.2, -0.15) is 5.26 Å². The van der Waals surface area contributed by atoms with Crippen molar-refractivity contribution in [2.75, 3.05) is 0 Å². The van der Waals surface area contributed by atoms with Gasteiger partial charge < -0.3 is 14.6 Å². The molecule has 0 saturated heterocycles. The summed E-state index contributed by atoms with van der Waals surface area (Å²) in [6.07, 6.45) is 0. The van der Waals surface area contributed by atoms with E-state index in [1.54, 1.807) is 18.2 Å². The van der Waals surface area contributed by atoms with Crippen molar-refractivity contribution in [3.8, 4) is 6.07 Å². The van der Waals surface area contributed by atoms with Crippen LogP contribution in [0.25, 0.3) is 0 Å². The lowest BCUT2D eigenvalue weighted by Gasteiger charge is -1.95. The Hall–Kier alpha value is -3.66. The zero-order valence-corrected chi connectivity index (χ0v) is 12.8. The third kappa shape index (κ3) is 3.19. The molecule has 0 atom stereocenters. The van der Waals surface area contributed by atoms with Gasteiger partial charge in [0, 0.05) is 11.1 Å². The number of nitrogens with zero attached hydrogens (tertiary/aromatic N) is 1. The van der Waals surface area contributed by atoms with Crippen molar-refractivity contribution in [1.82, 2.24) is 0 Å². The van der Waals surface area contributed by atoms with Crippen molar-refractivity contribution in [3.63, 3.8) is 0 Å². The topological polar surface area (TPSA) is 114 Å². The number of aromatic carboxylic acids is 1. The number of fused-ring (bicyclic) bond motifs is 2. The van der Waals surface area contributed by atoms with Gasteiger partial charge in [-0.1, -0.05) is 0 Å². The van der Waals surface area contributed by atoms with E-state index in [1.165, 1.54) is 18.2 Å². The van der Waals surface area contributed by atoms with E-state index in [0.717, 1.165) is 5.56 Å². The average Bonchev–Trinajstić information content (AvgIpc) is 3.18. The molecule has 0 bridgehead atoms. The van der Waals surface area contributed by atoms with Crippen LogP contribution >= 0.6 is 0 Å². The second-order valence-electron chi connectivity index (χ2n) is 5.31. The van der Waals surface area contributed by atoms with Gasteiger partial charge in [-0.25, -0.2) is 14.4 Å². The summed E-state index contributed by atoms with van der Waals surface area (Å²) >= 11 is 0. The standard InChI is InChI=1S/C9H5NO2.C9H6O4/c10-4-6-1-2-8-7(3-6)5-12-9(8)11;10-8(11)5-1-2-7-6(3-5)4-13-9(7)12/h1-3H,5H2;1-3H,4H2,(H,10,11). The number of benzene rings is 2. The quantitative estimate of drug-likeness (QED) is 0.794. The molecular weight excluding hydrogens is 326 g/mol. The molecule has 0 fully saturated rings. The molecule has 0 aliphatic carbocycles. The van der Waals surface area contributed by atoms with Crippen molar-refractivity contribution in [1.29, 1.82) is 5.26 Å². The lowest BCUT2D eigenvalue weighted by Crippen LogP contribution is -1.98. The van der Waals surface area contributed by atoms with Gasteiger partial charge in [-0.3, -0.25) is 0 Å². The summed E-state index contributed by atoms with van der Waals surface area (Å²) in [6.45, 7) is 0.471. The summed E-state index contributed by atoms with van der Waals surface area (Å²) in [5.41, 5.74) is 3.23. The number of carbonyl (C=O) groups is 3. The van der Waals surface area contributed by atoms with Crippen molar-refractivity contribution in [3.05, 3.63) is 69.8 Å². The number of carbonyl (C=O) groups excluding carboxylic acids is 2. The fourth-order valence-electron chi connectivity index (χ4n) is 2.47. The van der Waals surface area contributed by atoms with Gasteiger partial charge in [0.1, 0.15) is 13.2 Å². The molecule has 0 saturated carbocycles. The number of cyclic esters (lactones) is 2. The Morgan fingerprint density at radius 2 is 1.52 bits per heavy atom. The molecule has 1 N–H and O–H groups in total. The number of hydrogen-bond acceptors (Lipinski definition) is 6. The molecule has 7 nitrogen and oxygen atoms in total. The minimum Gasteiger partial charge on any atom is -0.478 e. The van der Waals surface area contributed by atoms with E-state index in [9.17, 15) is 14.4 Å². The van der Waals surface area contributed by atoms with Crippen molar-refractivity contribution < 1.29 is 29.0 Å². The third-order valence-electron chi connectivity index (χ3n) is 3.74. The molecule has 0 unspecified atom stereocenters. The Balaban J connectivity index is 0.000000146. The van der Waals surface area contributed by atoms with Gasteiger partial charge in [0.25, 0.3) is 0 Å². The molecule has 2 aliphatic heterocycles. The lowest BCUT2D eigenvalue weighted by atomic mass is 10.1. The SMILES string of the molecule is N#Cc1ccc2c(c1)COC2=O.O=C(O)c1ccc2c(c1)COC2=O. The van der Waals surface area contributed by atoms with Crippen LogP contribution < -0.4 is 0 Å². The van der Waals surface area contributed by atoms with E-state index < -0.39 is 5.97 Å². The number of nitriles is 1. The Morgan fingerprint density at radius 3 is 2.08 bits per heavy atom. The second-order valence-corrected chi connectivity index (χ2v) is 5.31. The van der Waals surface area contributed by atoms with E-state index >= 15 is 0 Å². The van der Waals surface area contributed by atoms with Gasteiger partial charge in [0.2, 0.25) is 0 Å². The molecule has 0 amide bonds. The van der Waals surface area contributed by atoms with Crippen LogP contribution in [-0.4, -0.2) is 23.0 Å². The van der Waals surface area contributed by atoms with Crippen LogP contribution in [0.2, 0.25) is 0 Å². The molecule has 0 spiro atoms. The normalized spacial score (nSPS) is 13.6. The van der Waals surface area contributed by atoms with Gasteiger partial charge in [-0.05, 0) is 36.4 Å². The zero-order chi connectivity index (χ0) is 18.0. The summed E-state index contributed by atoms with van der Waals surface area (Å²) < 4.78 is 9.50. The predicted molar refractivity (Wildman–Crippen MR) is 82.8 cm³/mol. The van der Waals surface area contributed by atoms with Gasteiger partial charge in [-0.15, -0.1) is 0 Å². The first-order chi connectivity index (χ1) is 12.0. The highest BCUT2D eigenvalue weighted by atomic mass is 16.5. The minimum atomic E-state index is -0.998. The molecule has 25 heavy (non-hydrogen) atoms. The Bertz CT molecular complexity index is 941. The van der Waals surface area contributed by atoms with E-state index in [2.05, 4.69) is 0 Å². The molecule has 0 radical (unpaired) electrons. The number of rotatable bonds is 1. The fourth-order valence-corrected chi connectivity index (χ4v) is 2.47. The lowest BCUT2D eigenvalue weighted by molar-refractivity contribution is 0.0526. The fraction of sp³-hybridized carbons (Fsp3) is 0.111.